The largest absolute Gasteiger partial charge is 0.379 e. The second kappa shape index (κ2) is 6.75. The van der Waals surface area contributed by atoms with Crippen molar-refractivity contribution in [2.45, 2.75) is 69.0 Å². The number of fused-ring (bicyclic) bond motifs is 5. The maximum Gasteiger partial charge on any atom is 0.147 e. The summed E-state index contributed by atoms with van der Waals surface area (Å²) in [6.07, 6.45) is 9.03. The molecule has 2 aliphatic carbocycles. The third-order valence-electron chi connectivity index (χ3n) is 8.35. The van der Waals surface area contributed by atoms with Crippen LogP contribution < -0.4 is 4.90 Å². The van der Waals surface area contributed by atoms with Crippen LogP contribution >= 0.6 is 0 Å². The zero-order valence-electron chi connectivity index (χ0n) is 15.7. The molecule has 5 rings (SSSR count). The molecule has 10 atom stereocenters. The molecule has 5 nitrogen and oxygen atoms in total. The first-order valence-corrected chi connectivity index (χ1v) is 10.4. The summed E-state index contributed by atoms with van der Waals surface area (Å²) in [5, 5.41) is 0. The molecule has 0 bridgehead atoms. The molecule has 0 aromatic carbocycles. The van der Waals surface area contributed by atoms with Crippen molar-refractivity contribution in [3.05, 3.63) is 0 Å². The van der Waals surface area contributed by atoms with Gasteiger partial charge in [-0.05, 0) is 43.9 Å². The summed E-state index contributed by atoms with van der Waals surface area (Å²) in [6.45, 7) is 3.14. The van der Waals surface area contributed by atoms with Crippen molar-refractivity contribution in [1.82, 2.24) is 0 Å². The number of nitrogens with one attached hydrogen (secondary N) is 1. The van der Waals surface area contributed by atoms with Gasteiger partial charge in [0.15, 0.2) is 0 Å². The number of quaternary nitrogens is 1. The third-order valence-corrected chi connectivity index (χ3v) is 8.35. The van der Waals surface area contributed by atoms with Gasteiger partial charge in [-0.25, -0.2) is 0 Å². The van der Waals surface area contributed by atoms with Gasteiger partial charge in [0.05, 0.1) is 43.5 Å². The van der Waals surface area contributed by atoms with E-state index in [4.69, 9.17) is 18.9 Å². The van der Waals surface area contributed by atoms with E-state index in [9.17, 15) is 0 Å². The molecule has 25 heavy (non-hydrogen) atoms. The molecule has 0 aromatic rings. The molecule has 1 N–H and O–H groups in total. The minimum absolute atomic E-state index is 0.289. The smallest absolute Gasteiger partial charge is 0.147 e. The number of methoxy groups -OCH3 is 2. The number of rotatable bonds is 2. The molecule has 142 valence electrons. The van der Waals surface area contributed by atoms with Crippen molar-refractivity contribution in [2.24, 2.45) is 23.7 Å². The van der Waals surface area contributed by atoms with Crippen LogP contribution in [-0.4, -0.2) is 64.6 Å². The van der Waals surface area contributed by atoms with Crippen LogP contribution in [0.2, 0.25) is 0 Å². The molecule has 0 spiro atoms. The molecule has 5 heteroatoms. The van der Waals surface area contributed by atoms with E-state index in [1.54, 1.807) is 0 Å². The number of hydrogen-bond donors (Lipinski definition) is 1. The summed E-state index contributed by atoms with van der Waals surface area (Å²) in [7, 11) is 3.73. The molecule has 5 fully saturated rings. The molecular weight excluding hydrogens is 318 g/mol. The highest BCUT2D eigenvalue weighted by Gasteiger charge is 2.55. The lowest BCUT2D eigenvalue weighted by molar-refractivity contribution is -0.948. The van der Waals surface area contributed by atoms with Crippen LogP contribution in [0.1, 0.15) is 38.5 Å². The maximum absolute atomic E-state index is 5.93. The Morgan fingerprint density at radius 1 is 0.840 bits per heavy atom. The molecule has 3 heterocycles. The number of piperidine rings is 2. The van der Waals surface area contributed by atoms with Crippen molar-refractivity contribution in [1.29, 1.82) is 0 Å². The average molecular weight is 352 g/mol. The second-order valence-electron chi connectivity index (χ2n) is 9.14. The maximum atomic E-state index is 5.93. The van der Waals surface area contributed by atoms with Gasteiger partial charge in [0, 0.05) is 32.5 Å². The Hall–Kier alpha value is -0.200. The molecule has 0 aromatic heterocycles. The zero-order chi connectivity index (χ0) is 17.0. The summed E-state index contributed by atoms with van der Waals surface area (Å²) in [5.74, 6) is 3.20. The van der Waals surface area contributed by atoms with Crippen molar-refractivity contribution in [2.75, 3.05) is 34.1 Å². The topological polar surface area (TPSA) is 41.4 Å². The fourth-order valence-electron chi connectivity index (χ4n) is 7.16. The Morgan fingerprint density at radius 2 is 1.64 bits per heavy atom. The van der Waals surface area contributed by atoms with Gasteiger partial charge in [-0.2, -0.15) is 0 Å². The first-order chi connectivity index (χ1) is 12.3. The highest BCUT2D eigenvalue weighted by atomic mass is 16.7. The van der Waals surface area contributed by atoms with Gasteiger partial charge in [-0.15, -0.1) is 0 Å². The molecule has 3 saturated heterocycles. The zero-order valence-corrected chi connectivity index (χ0v) is 15.7. The van der Waals surface area contributed by atoms with Gasteiger partial charge in [0.2, 0.25) is 0 Å². The van der Waals surface area contributed by atoms with Gasteiger partial charge in [0.1, 0.15) is 6.79 Å². The number of hydrogen-bond acceptors (Lipinski definition) is 4. The van der Waals surface area contributed by atoms with E-state index in [0.29, 0.717) is 31.0 Å². The average Bonchev–Trinajstić information content (AvgIpc) is 3.11. The van der Waals surface area contributed by atoms with Crippen LogP contribution in [0.3, 0.4) is 0 Å². The van der Waals surface area contributed by atoms with Gasteiger partial charge in [-0.3, -0.25) is 0 Å². The predicted molar refractivity (Wildman–Crippen MR) is 92.4 cm³/mol. The van der Waals surface area contributed by atoms with E-state index in [0.717, 1.165) is 30.2 Å². The van der Waals surface area contributed by atoms with E-state index in [2.05, 4.69) is 0 Å². The van der Waals surface area contributed by atoms with Crippen molar-refractivity contribution < 1.29 is 23.8 Å². The van der Waals surface area contributed by atoms with E-state index in [1.165, 1.54) is 45.2 Å². The Balaban J connectivity index is 1.33. The first-order valence-electron chi connectivity index (χ1n) is 10.4. The third kappa shape index (κ3) is 2.78. The molecule has 5 aliphatic rings. The Labute approximate surface area is 151 Å². The van der Waals surface area contributed by atoms with E-state index < -0.39 is 0 Å². The number of ether oxygens (including phenoxy) is 4. The van der Waals surface area contributed by atoms with Gasteiger partial charge >= 0.3 is 0 Å². The lowest BCUT2D eigenvalue weighted by Crippen LogP contribution is -3.20. The van der Waals surface area contributed by atoms with E-state index >= 15 is 0 Å². The van der Waals surface area contributed by atoms with Gasteiger partial charge in [0.25, 0.3) is 0 Å². The normalized spacial score (nSPS) is 55.0. The van der Waals surface area contributed by atoms with Crippen LogP contribution in [0.25, 0.3) is 0 Å². The molecule has 3 aliphatic heterocycles. The fraction of sp³-hybridized carbons (Fsp3) is 1.00. The van der Waals surface area contributed by atoms with Crippen LogP contribution in [0.5, 0.6) is 0 Å². The summed E-state index contributed by atoms with van der Waals surface area (Å²) in [6, 6.07) is 0.835. The van der Waals surface area contributed by atoms with Crippen LogP contribution in [0, 0.1) is 23.7 Å². The van der Waals surface area contributed by atoms with Gasteiger partial charge in [-0.1, -0.05) is 0 Å². The minimum atomic E-state index is 0.289. The Bertz CT molecular complexity index is 488. The van der Waals surface area contributed by atoms with Gasteiger partial charge < -0.3 is 23.8 Å². The van der Waals surface area contributed by atoms with Crippen LogP contribution in [-0.2, 0) is 18.9 Å². The van der Waals surface area contributed by atoms with E-state index in [1.807, 2.05) is 19.1 Å². The van der Waals surface area contributed by atoms with Crippen molar-refractivity contribution in [3.8, 4) is 0 Å². The SMILES string of the molecule is COC1CCC2CC3C4CC5OCOC5CC4CC[NH+]3CC2C1OC. The van der Waals surface area contributed by atoms with E-state index in [-0.39, 0.29) is 6.10 Å². The molecule has 0 radical (unpaired) electrons. The van der Waals surface area contributed by atoms with Crippen LogP contribution in [0.15, 0.2) is 0 Å². The molecule has 0 amide bonds. The highest BCUT2D eigenvalue weighted by molar-refractivity contribution is 4.98. The fourth-order valence-corrected chi connectivity index (χ4v) is 7.16. The minimum Gasteiger partial charge on any atom is -0.379 e. The quantitative estimate of drug-likeness (QED) is 0.801. The first kappa shape index (κ1) is 16.9. The Kier molecular flexibility index (Phi) is 4.58. The predicted octanol–water partition coefficient (Wildman–Crippen LogP) is 0.871. The molecular formula is C20H34NO4+. The summed E-state index contributed by atoms with van der Waals surface area (Å²) >= 11 is 0. The summed E-state index contributed by atoms with van der Waals surface area (Å²) in [5.41, 5.74) is 0. The standard InChI is InChI=1S/C20H33NO4/c1-22-17-4-3-12-7-16-14-9-19-18(24-11-25-19)8-13(14)5-6-21(16)10-15(12)20(17)23-2/h12-20H,3-11H2,1-2H3/p+1. The van der Waals surface area contributed by atoms with Crippen LogP contribution in [0.4, 0.5) is 0 Å². The lowest BCUT2D eigenvalue weighted by atomic mass is 9.62. The summed E-state index contributed by atoms with van der Waals surface area (Å²) in [4.78, 5) is 1.85. The lowest BCUT2D eigenvalue weighted by Gasteiger charge is -2.54. The second-order valence-corrected chi connectivity index (χ2v) is 9.14. The molecule has 2 saturated carbocycles. The summed E-state index contributed by atoms with van der Waals surface area (Å²) < 4.78 is 23.4. The monoisotopic (exact) mass is 352 g/mol. The molecule has 10 unspecified atom stereocenters. The van der Waals surface area contributed by atoms with Crippen molar-refractivity contribution >= 4 is 0 Å². The van der Waals surface area contributed by atoms with Crippen molar-refractivity contribution in [3.63, 3.8) is 0 Å². The highest BCUT2D eigenvalue weighted by Crippen LogP contribution is 2.45. The Morgan fingerprint density at radius 3 is 2.44 bits per heavy atom.